The van der Waals surface area contributed by atoms with Gasteiger partial charge in [0.05, 0.1) is 6.61 Å². The number of rotatable bonds is 14. The van der Waals surface area contributed by atoms with E-state index in [9.17, 15) is 0 Å². The number of nitrogens with one attached hydrogen (secondary N) is 2. The Balaban J connectivity index is 0.944. The smallest absolute Gasteiger partial charge is 0.298 e. The molecule has 4 N–H and O–H groups in total. The van der Waals surface area contributed by atoms with Crippen molar-refractivity contribution < 1.29 is 8.93 Å². The molecule has 1 aliphatic rings. The zero-order chi connectivity index (χ0) is 33.0. The Kier molecular flexibility index (Phi) is 11.1. The fourth-order valence-electron chi connectivity index (χ4n) is 5.80. The lowest BCUT2D eigenvalue weighted by molar-refractivity contribution is 0.305. The first-order valence-corrected chi connectivity index (χ1v) is 18.2. The molecule has 0 radical (unpaired) electrons. The van der Waals surface area contributed by atoms with Gasteiger partial charge in [-0.15, -0.1) is 0 Å². The quantitative estimate of drug-likeness (QED) is 0.0910. The van der Waals surface area contributed by atoms with Crippen LogP contribution in [0.25, 0.3) is 0 Å². The van der Waals surface area contributed by atoms with Crippen LogP contribution in [0, 0.1) is 0 Å². The van der Waals surface area contributed by atoms with Crippen molar-refractivity contribution in [2.75, 3.05) is 13.2 Å². The summed E-state index contributed by atoms with van der Waals surface area (Å²) in [7, 11) is -3.19. The van der Waals surface area contributed by atoms with Crippen LogP contribution in [0.2, 0.25) is 0 Å². The molecule has 0 amide bonds. The molecule has 6 rings (SSSR count). The predicted molar refractivity (Wildman–Crippen MR) is 199 cm³/mol. The second-order valence-electron chi connectivity index (χ2n) is 11.8. The van der Waals surface area contributed by atoms with Gasteiger partial charge in [0, 0.05) is 6.54 Å². The first-order chi connectivity index (χ1) is 23.6. The van der Waals surface area contributed by atoms with Crippen molar-refractivity contribution in [3.63, 3.8) is 0 Å². The van der Waals surface area contributed by atoms with Crippen molar-refractivity contribution in [3.05, 3.63) is 156 Å². The van der Waals surface area contributed by atoms with E-state index in [1.807, 2.05) is 115 Å². The van der Waals surface area contributed by atoms with Gasteiger partial charge in [0.15, 0.2) is 18.1 Å². The molecule has 244 valence electrons. The van der Waals surface area contributed by atoms with E-state index in [1.54, 1.807) is 0 Å². The van der Waals surface area contributed by atoms with Crippen LogP contribution in [0.4, 0.5) is 4.20 Å². The molecular formula is C40H42FN5OP+. The Bertz CT molecular complexity index is 1740. The third-order valence-corrected chi connectivity index (χ3v) is 11.4. The largest absolute Gasteiger partial charge is 0.494 e. The van der Waals surface area contributed by atoms with Crippen molar-refractivity contribution in [1.29, 1.82) is 0 Å². The zero-order valence-corrected chi connectivity index (χ0v) is 27.9. The van der Waals surface area contributed by atoms with Crippen LogP contribution in [0.1, 0.15) is 42.1 Å². The summed E-state index contributed by atoms with van der Waals surface area (Å²) < 4.78 is 23.0. The maximum atomic E-state index is 17.0. The minimum atomic E-state index is -3.19. The highest BCUT2D eigenvalue weighted by Crippen LogP contribution is 2.56. The van der Waals surface area contributed by atoms with E-state index in [0.29, 0.717) is 25.1 Å². The maximum Gasteiger partial charge on any atom is 0.298 e. The molecule has 0 aliphatic carbocycles. The molecule has 0 aromatic heterocycles. The SMILES string of the molecule is NC1=NC(c2ccc(OCCCCCc3ccc([P+](F)(c4ccccc4)c4ccccc4)cc3)cc2)NC(=NCCc2ccccc2)N1. The van der Waals surface area contributed by atoms with Crippen LogP contribution >= 0.6 is 7.57 Å². The predicted octanol–water partition coefficient (Wildman–Crippen LogP) is 6.76. The summed E-state index contributed by atoms with van der Waals surface area (Å²) in [6.45, 7) is 1.29. The van der Waals surface area contributed by atoms with Crippen molar-refractivity contribution in [1.82, 2.24) is 10.6 Å². The Morgan fingerprint density at radius 1 is 0.667 bits per heavy atom. The molecule has 0 saturated heterocycles. The number of aryl methyl sites for hydroxylation is 1. The van der Waals surface area contributed by atoms with Gasteiger partial charge >= 0.3 is 0 Å². The van der Waals surface area contributed by atoms with Gasteiger partial charge in [-0.1, -0.05) is 91.0 Å². The van der Waals surface area contributed by atoms with Crippen molar-refractivity contribution in [2.24, 2.45) is 15.7 Å². The van der Waals surface area contributed by atoms with E-state index >= 15 is 4.20 Å². The molecule has 0 bridgehead atoms. The van der Waals surface area contributed by atoms with Crippen LogP contribution in [0.3, 0.4) is 0 Å². The second kappa shape index (κ2) is 16.2. The maximum absolute atomic E-state index is 17.0. The van der Waals surface area contributed by atoms with Crippen molar-refractivity contribution >= 4 is 35.4 Å². The molecular weight excluding hydrogens is 616 g/mol. The molecule has 1 heterocycles. The molecule has 1 atom stereocenters. The van der Waals surface area contributed by atoms with Crippen molar-refractivity contribution in [2.45, 2.75) is 38.3 Å². The summed E-state index contributed by atoms with van der Waals surface area (Å²) in [5.41, 5.74) is 9.50. The second-order valence-corrected chi connectivity index (χ2v) is 14.5. The molecule has 8 heteroatoms. The lowest BCUT2D eigenvalue weighted by Crippen LogP contribution is -2.50. The molecule has 0 saturated carbocycles. The molecule has 0 spiro atoms. The number of guanidine groups is 2. The van der Waals surface area contributed by atoms with E-state index < -0.39 is 7.57 Å². The molecule has 0 fully saturated rings. The van der Waals surface area contributed by atoms with Crippen LogP contribution < -0.4 is 37.0 Å². The molecule has 1 unspecified atom stereocenters. The topological polar surface area (TPSA) is 84.0 Å². The standard InChI is InChI=1S/C40H42FN5OP/c41-48(35-16-8-2-9-17-35,36-18-10-3-11-19-36)37-26-20-32(21-27-37)15-7-4-12-30-47-34-24-22-33(23-25-34)38-44-39(42)46-40(45-38)43-29-28-31-13-5-1-6-14-31/h1-3,5-6,8-11,13-14,16-27,38H,4,7,12,15,28-30H2,(H4,42,43,44,45,46)/q+1. The molecule has 48 heavy (non-hydrogen) atoms. The van der Waals surface area contributed by atoms with Gasteiger partial charge in [0.2, 0.25) is 0 Å². The Morgan fingerprint density at radius 3 is 1.90 bits per heavy atom. The highest BCUT2D eigenvalue weighted by molar-refractivity contribution is 7.91. The zero-order valence-electron chi connectivity index (χ0n) is 27.0. The third kappa shape index (κ3) is 8.47. The van der Waals surface area contributed by atoms with E-state index in [1.165, 1.54) is 11.1 Å². The summed E-state index contributed by atoms with van der Waals surface area (Å²) in [6.07, 6.45) is 4.54. The number of nitrogens with two attached hydrogens (primary N) is 1. The molecule has 5 aromatic carbocycles. The van der Waals surface area contributed by atoms with Gasteiger partial charge in [-0.25, -0.2) is 4.99 Å². The van der Waals surface area contributed by atoms with Crippen LogP contribution in [-0.4, -0.2) is 25.1 Å². The fourth-order valence-corrected chi connectivity index (χ4v) is 8.42. The van der Waals surface area contributed by atoms with Gasteiger partial charge in [0.1, 0.15) is 21.7 Å². The number of aliphatic imine (C=N–C) groups is 2. The minimum Gasteiger partial charge on any atom is -0.494 e. The van der Waals surface area contributed by atoms with E-state index in [0.717, 1.165) is 59.3 Å². The summed E-state index contributed by atoms with van der Waals surface area (Å²) in [6, 6.07) is 45.5. The van der Waals surface area contributed by atoms with Crippen LogP contribution in [0.5, 0.6) is 5.75 Å². The van der Waals surface area contributed by atoms with Gasteiger partial charge in [0.25, 0.3) is 7.57 Å². The number of benzene rings is 5. The van der Waals surface area contributed by atoms with Crippen LogP contribution in [-0.2, 0) is 12.8 Å². The Hall–Kier alpha value is -5.00. The highest BCUT2D eigenvalue weighted by Gasteiger charge is 2.47. The number of nitrogens with zero attached hydrogens (tertiary/aromatic N) is 2. The summed E-state index contributed by atoms with van der Waals surface area (Å²) in [4.78, 5) is 9.14. The molecule has 6 nitrogen and oxygen atoms in total. The number of unbranched alkanes of at least 4 members (excludes halogenated alkanes) is 2. The highest BCUT2D eigenvalue weighted by atomic mass is 31.2. The van der Waals surface area contributed by atoms with Gasteiger partial charge in [-0.05, 0) is 102 Å². The monoisotopic (exact) mass is 658 g/mol. The lowest BCUT2D eigenvalue weighted by atomic mass is 10.1. The Labute approximate surface area is 283 Å². The molecule has 5 aromatic rings. The first-order valence-electron chi connectivity index (χ1n) is 16.6. The number of hydrogen-bond donors (Lipinski definition) is 3. The average molecular weight is 659 g/mol. The summed E-state index contributed by atoms with van der Waals surface area (Å²) >= 11 is 0. The van der Waals surface area contributed by atoms with Gasteiger partial charge in [-0.2, -0.15) is 0 Å². The van der Waals surface area contributed by atoms with Crippen molar-refractivity contribution in [3.8, 4) is 5.75 Å². The van der Waals surface area contributed by atoms with E-state index in [2.05, 4.69) is 44.9 Å². The van der Waals surface area contributed by atoms with E-state index in [4.69, 9.17) is 10.5 Å². The molecule has 1 aliphatic heterocycles. The normalized spacial score (nSPS) is 15.3. The average Bonchev–Trinajstić information content (AvgIpc) is 3.14. The summed E-state index contributed by atoms with van der Waals surface area (Å²) in [5.74, 6) is 1.78. The van der Waals surface area contributed by atoms with Gasteiger partial charge < -0.3 is 15.8 Å². The van der Waals surface area contributed by atoms with Gasteiger partial charge in [-0.3, -0.25) is 10.3 Å². The van der Waals surface area contributed by atoms with Crippen LogP contribution in [0.15, 0.2) is 150 Å². The lowest BCUT2D eigenvalue weighted by Gasteiger charge is -2.24. The minimum absolute atomic E-state index is 0.315. The number of halogens is 1. The Morgan fingerprint density at radius 2 is 1.25 bits per heavy atom. The number of hydrogen-bond acceptors (Lipinski definition) is 4. The van der Waals surface area contributed by atoms with E-state index in [-0.39, 0.29) is 6.17 Å². The third-order valence-electron chi connectivity index (χ3n) is 8.39. The fraction of sp³-hybridized carbons (Fsp3) is 0.200. The first kappa shape index (κ1) is 32.9. The summed E-state index contributed by atoms with van der Waals surface area (Å²) in [5, 5.41) is 8.58. The number of ether oxygens (including phenoxy) is 1.